The fourth-order valence-electron chi connectivity index (χ4n) is 3.21. The maximum atomic E-state index is 12.8. The zero-order valence-electron chi connectivity index (χ0n) is 13.1. The van der Waals surface area contributed by atoms with E-state index in [9.17, 15) is 18.0 Å². The van der Waals surface area contributed by atoms with E-state index in [-0.39, 0.29) is 18.0 Å². The lowest BCUT2D eigenvalue weighted by atomic mass is 10.0. The minimum absolute atomic E-state index is 0.129. The third-order valence-corrected chi connectivity index (χ3v) is 4.72. The van der Waals surface area contributed by atoms with Crippen LogP contribution in [0.2, 0.25) is 0 Å². The summed E-state index contributed by atoms with van der Waals surface area (Å²) >= 11 is 0. The van der Waals surface area contributed by atoms with Crippen LogP contribution in [0.15, 0.2) is 24.3 Å². The van der Waals surface area contributed by atoms with Gasteiger partial charge in [0.15, 0.2) is 0 Å². The molecule has 0 radical (unpaired) electrons. The van der Waals surface area contributed by atoms with Crippen molar-refractivity contribution >= 4 is 5.91 Å². The Kier molecular flexibility index (Phi) is 4.36. The predicted molar refractivity (Wildman–Crippen MR) is 81.2 cm³/mol. The fourth-order valence-corrected chi connectivity index (χ4v) is 3.21. The molecule has 1 saturated heterocycles. The Morgan fingerprint density at radius 3 is 2.04 bits per heavy atom. The molecule has 0 atom stereocenters. The summed E-state index contributed by atoms with van der Waals surface area (Å²) in [4.78, 5) is 17.0. The Morgan fingerprint density at radius 1 is 1.04 bits per heavy atom. The van der Waals surface area contributed by atoms with Gasteiger partial charge in [0.2, 0.25) is 0 Å². The maximum absolute atomic E-state index is 12.8. The molecule has 3 rings (SSSR count). The van der Waals surface area contributed by atoms with E-state index >= 15 is 0 Å². The number of hydrogen-bond donors (Lipinski definition) is 0. The van der Waals surface area contributed by atoms with E-state index in [1.807, 2.05) is 4.90 Å². The molecular formula is C17H21F3N2O. The van der Waals surface area contributed by atoms with Crippen LogP contribution in [0.1, 0.15) is 41.6 Å². The summed E-state index contributed by atoms with van der Waals surface area (Å²) in [6.07, 6.45) is -0.512. The van der Waals surface area contributed by atoms with Gasteiger partial charge in [-0.25, -0.2) is 0 Å². The highest BCUT2D eigenvalue weighted by molar-refractivity contribution is 5.95. The van der Waals surface area contributed by atoms with Crippen molar-refractivity contribution < 1.29 is 18.0 Å². The second kappa shape index (κ2) is 6.15. The summed E-state index contributed by atoms with van der Waals surface area (Å²) < 4.78 is 37.9. The Bertz CT molecular complexity index is 558. The molecule has 1 heterocycles. The summed E-state index contributed by atoms with van der Waals surface area (Å²) in [6.45, 7) is 1.91. The molecule has 1 aromatic carbocycles. The number of likely N-dealkylation sites (tertiary alicyclic amines) is 1. The zero-order valence-corrected chi connectivity index (χ0v) is 13.1. The molecule has 0 spiro atoms. The number of carbonyl (C=O) groups excluding carboxylic acids is 1. The zero-order chi connectivity index (χ0) is 16.6. The molecule has 126 valence electrons. The van der Waals surface area contributed by atoms with Crippen molar-refractivity contribution in [3.05, 3.63) is 35.4 Å². The van der Waals surface area contributed by atoms with E-state index in [1.54, 1.807) is 0 Å². The van der Waals surface area contributed by atoms with Crippen molar-refractivity contribution in [2.75, 3.05) is 20.1 Å². The van der Waals surface area contributed by atoms with E-state index in [4.69, 9.17) is 0 Å². The van der Waals surface area contributed by atoms with E-state index < -0.39 is 11.7 Å². The van der Waals surface area contributed by atoms with Crippen LogP contribution in [0.4, 0.5) is 13.2 Å². The molecule has 1 aliphatic heterocycles. The van der Waals surface area contributed by atoms with Gasteiger partial charge < -0.3 is 9.80 Å². The van der Waals surface area contributed by atoms with Crippen LogP contribution in [-0.2, 0) is 6.18 Å². The van der Waals surface area contributed by atoms with Gasteiger partial charge in [-0.05, 0) is 70.1 Å². The maximum Gasteiger partial charge on any atom is 0.416 e. The summed E-state index contributed by atoms with van der Waals surface area (Å²) in [5, 5.41) is 0. The summed E-state index contributed by atoms with van der Waals surface area (Å²) in [6, 6.07) is 5.05. The van der Waals surface area contributed by atoms with Crippen molar-refractivity contribution in [2.45, 2.75) is 43.9 Å². The van der Waals surface area contributed by atoms with Crippen LogP contribution in [0.25, 0.3) is 0 Å². The number of piperidine rings is 1. The standard InChI is InChI=1S/C17H21F3N2O/c1-21-10-8-15(9-11-21)22(14-6-7-14)16(23)12-2-4-13(5-3-12)17(18,19)20/h2-5,14-15H,6-11H2,1H3. The highest BCUT2D eigenvalue weighted by Gasteiger charge is 2.39. The normalized spacial score (nSPS) is 20.5. The van der Waals surface area contributed by atoms with E-state index in [0.717, 1.165) is 50.9 Å². The Balaban J connectivity index is 1.76. The number of hydrogen-bond acceptors (Lipinski definition) is 2. The summed E-state index contributed by atoms with van der Waals surface area (Å²) in [5.41, 5.74) is -0.366. The lowest BCUT2D eigenvalue weighted by Crippen LogP contribution is -2.47. The van der Waals surface area contributed by atoms with Crippen LogP contribution in [0, 0.1) is 0 Å². The number of carbonyl (C=O) groups is 1. The van der Waals surface area contributed by atoms with E-state index in [0.29, 0.717) is 5.56 Å². The van der Waals surface area contributed by atoms with E-state index in [1.165, 1.54) is 12.1 Å². The Morgan fingerprint density at radius 2 is 1.57 bits per heavy atom. The molecule has 0 N–H and O–H groups in total. The predicted octanol–water partition coefficient (Wildman–Crippen LogP) is 3.40. The second-order valence-corrected chi connectivity index (χ2v) is 6.55. The fraction of sp³-hybridized carbons (Fsp3) is 0.588. The number of alkyl halides is 3. The van der Waals surface area contributed by atoms with Gasteiger partial charge in [-0.3, -0.25) is 4.79 Å². The molecule has 0 unspecified atom stereocenters. The first-order valence-corrected chi connectivity index (χ1v) is 8.05. The second-order valence-electron chi connectivity index (χ2n) is 6.55. The molecule has 1 amide bonds. The quantitative estimate of drug-likeness (QED) is 0.850. The molecule has 1 aromatic rings. The molecule has 23 heavy (non-hydrogen) atoms. The average Bonchev–Trinajstić information content (AvgIpc) is 3.33. The Hall–Kier alpha value is -1.56. The minimum Gasteiger partial charge on any atom is -0.333 e. The van der Waals surface area contributed by atoms with E-state index in [2.05, 4.69) is 11.9 Å². The van der Waals surface area contributed by atoms with Crippen LogP contribution >= 0.6 is 0 Å². The third-order valence-electron chi connectivity index (χ3n) is 4.72. The molecular weight excluding hydrogens is 305 g/mol. The molecule has 2 aliphatic rings. The van der Waals surface area contributed by atoms with Gasteiger partial charge >= 0.3 is 6.18 Å². The first-order chi connectivity index (χ1) is 10.9. The number of amides is 1. The van der Waals surface area contributed by atoms with Crippen molar-refractivity contribution in [3.8, 4) is 0 Å². The number of halogens is 3. The number of rotatable bonds is 3. The van der Waals surface area contributed by atoms with Crippen LogP contribution < -0.4 is 0 Å². The van der Waals surface area contributed by atoms with Crippen LogP contribution in [0.3, 0.4) is 0 Å². The van der Waals surface area contributed by atoms with Gasteiger partial charge in [0.1, 0.15) is 0 Å². The molecule has 0 aromatic heterocycles. The minimum atomic E-state index is -4.37. The summed E-state index contributed by atoms with van der Waals surface area (Å²) in [7, 11) is 2.06. The molecule has 2 fully saturated rings. The topological polar surface area (TPSA) is 23.6 Å². The first kappa shape index (κ1) is 16.3. The number of nitrogens with zero attached hydrogens (tertiary/aromatic N) is 2. The Labute approximate surface area is 134 Å². The van der Waals surface area contributed by atoms with Crippen molar-refractivity contribution in [2.24, 2.45) is 0 Å². The smallest absolute Gasteiger partial charge is 0.333 e. The molecule has 6 heteroatoms. The largest absolute Gasteiger partial charge is 0.416 e. The van der Waals surface area contributed by atoms with Crippen LogP contribution in [0.5, 0.6) is 0 Å². The lowest BCUT2D eigenvalue weighted by Gasteiger charge is -2.37. The van der Waals surface area contributed by atoms with Crippen molar-refractivity contribution in [3.63, 3.8) is 0 Å². The highest BCUT2D eigenvalue weighted by Crippen LogP contribution is 2.34. The SMILES string of the molecule is CN1CCC(N(C(=O)c2ccc(C(F)(F)F)cc2)C2CC2)CC1. The molecule has 3 nitrogen and oxygen atoms in total. The van der Waals surface area contributed by atoms with Gasteiger partial charge in [-0.15, -0.1) is 0 Å². The summed E-state index contributed by atoms with van der Waals surface area (Å²) in [5.74, 6) is -0.129. The van der Waals surface area contributed by atoms with Gasteiger partial charge in [-0.1, -0.05) is 0 Å². The molecule has 1 aliphatic carbocycles. The van der Waals surface area contributed by atoms with Crippen molar-refractivity contribution in [1.82, 2.24) is 9.80 Å². The van der Waals surface area contributed by atoms with Crippen LogP contribution in [-0.4, -0.2) is 47.9 Å². The third kappa shape index (κ3) is 3.68. The van der Waals surface area contributed by atoms with Crippen molar-refractivity contribution in [1.29, 1.82) is 0 Å². The van der Waals surface area contributed by atoms with Gasteiger partial charge in [-0.2, -0.15) is 13.2 Å². The monoisotopic (exact) mass is 326 g/mol. The first-order valence-electron chi connectivity index (χ1n) is 8.05. The highest BCUT2D eigenvalue weighted by atomic mass is 19.4. The van der Waals surface area contributed by atoms with Gasteiger partial charge in [0.05, 0.1) is 5.56 Å². The number of benzene rings is 1. The molecule has 0 bridgehead atoms. The lowest BCUT2D eigenvalue weighted by molar-refractivity contribution is -0.137. The average molecular weight is 326 g/mol. The van der Waals surface area contributed by atoms with Gasteiger partial charge in [0.25, 0.3) is 5.91 Å². The van der Waals surface area contributed by atoms with Gasteiger partial charge in [0, 0.05) is 17.6 Å². The molecule has 1 saturated carbocycles.